The van der Waals surface area contributed by atoms with Crippen LogP contribution in [0.15, 0.2) is 0 Å². The van der Waals surface area contributed by atoms with Crippen molar-refractivity contribution in [2.24, 2.45) is 11.3 Å². The van der Waals surface area contributed by atoms with E-state index in [9.17, 15) is 0 Å². The first kappa shape index (κ1) is 16.0. The van der Waals surface area contributed by atoms with Gasteiger partial charge in [0, 0.05) is 31.2 Å². The van der Waals surface area contributed by atoms with Crippen LogP contribution in [0.25, 0.3) is 0 Å². The molecule has 1 aliphatic heterocycles. The number of piperazine rings is 1. The summed E-state index contributed by atoms with van der Waals surface area (Å²) in [5.74, 6) is 0.850. The summed E-state index contributed by atoms with van der Waals surface area (Å²) in [6.45, 7) is 20.0. The highest BCUT2D eigenvalue weighted by Crippen LogP contribution is 2.28. The third kappa shape index (κ3) is 3.96. The molecule has 0 amide bonds. The third-order valence-corrected chi connectivity index (χ3v) is 4.72. The second-order valence-electron chi connectivity index (χ2n) is 7.70. The quantitative estimate of drug-likeness (QED) is 0.826. The molecule has 0 bridgehead atoms. The van der Waals surface area contributed by atoms with E-state index >= 15 is 0 Å². The standard InChI is InChI=1S/C16H34N2/c1-8-13(9-2)10-18-11-14(15(3,4)5)17-12-16(18,6)7/h13-14,17H,8-12H2,1-7H3. The van der Waals surface area contributed by atoms with E-state index in [4.69, 9.17) is 0 Å². The Morgan fingerprint density at radius 2 is 1.78 bits per heavy atom. The molecule has 0 aromatic rings. The Bertz CT molecular complexity index is 248. The molecule has 1 heterocycles. The lowest BCUT2D eigenvalue weighted by Gasteiger charge is -2.50. The van der Waals surface area contributed by atoms with E-state index in [0.717, 1.165) is 12.5 Å². The minimum Gasteiger partial charge on any atom is -0.310 e. The first-order valence-corrected chi connectivity index (χ1v) is 7.69. The molecule has 18 heavy (non-hydrogen) atoms. The van der Waals surface area contributed by atoms with Gasteiger partial charge in [0.25, 0.3) is 0 Å². The smallest absolute Gasteiger partial charge is 0.0278 e. The van der Waals surface area contributed by atoms with Crippen LogP contribution in [0.5, 0.6) is 0 Å². The lowest BCUT2D eigenvalue weighted by molar-refractivity contribution is 0.0230. The molecule has 0 radical (unpaired) electrons. The highest BCUT2D eigenvalue weighted by Gasteiger charge is 2.38. The van der Waals surface area contributed by atoms with Crippen LogP contribution < -0.4 is 5.32 Å². The Balaban J connectivity index is 2.71. The molecular formula is C16H34N2. The van der Waals surface area contributed by atoms with Crippen molar-refractivity contribution < 1.29 is 0 Å². The summed E-state index contributed by atoms with van der Waals surface area (Å²) in [6, 6.07) is 0.611. The third-order valence-electron chi connectivity index (χ3n) is 4.72. The molecule has 2 nitrogen and oxygen atoms in total. The summed E-state index contributed by atoms with van der Waals surface area (Å²) in [5.41, 5.74) is 0.646. The van der Waals surface area contributed by atoms with Crippen molar-refractivity contribution in [1.82, 2.24) is 10.2 Å². The fourth-order valence-corrected chi connectivity index (χ4v) is 2.78. The van der Waals surface area contributed by atoms with Gasteiger partial charge in [-0.15, -0.1) is 0 Å². The topological polar surface area (TPSA) is 15.3 Å². The molecule has 1 saturated heterocycles. The number of rotatable bonds is 4. The maximum absolute atomic E-state index is 3.75. The van der Waals surface area contributed by atoms with Gasteiger partial charge in [-0.2, -0.15) is 0 Å². The molecule has 108 valence electrons. The van der Waals surface area contributed by atoms with Crippen LogP contribution in [0.1, 0.15) is 61.3 Å². The van der Waals surface area contributed by atoms with Crippen molar-refractivity contribution in [3.8, 4) is 0 Å². The van der Waals surface area contributed by atoms with Gasteiger partial charge < -0.3 is 5.32 Å². The summed E-state index contributed by atoms with van der Waals surface area (Å²) in [4.78, 5) is 2.72. The normalized spacial score (nSPS) is 25.7. The second-order valence-corrected chi connectivity index (χ2v) is 7.70. The van der Waals surface area contributed by atoms with Gasteiger partial charge >= 0.3 is 0 Å². The van der Waals surface area contributed by atoms with Crippen LogP contribution >= 0.6 is 0 Å². The first-order chi connectivity index (χ1) is 8.20. The lowest BCUT2D eigenvalue weighted by atomic mass is 9.82. The molecule has 0 aromatic heterocycles. The number of nitrogens with one attached hydrogen (secondary N) is 1. The number of hydrogen-bond donors (Lipinski definition) is 1. The van der Waals surface area contributed by atoms with Gasteiger partial charge in [0.2, 0.25) is 0 Å². The minimum atomic E-state index is 0.296. The van der Waals surface area contributed by atoms with E-state index in [1.807, 2.05) is 0 Å². The van der Waals surface area contributed by atoms with Gasteiger partial charge in [-0.25, -0.2) is 0 Å². The summed E-state index contributed by atoms with van der Waals surface area (Å²) in [7, 11) is 0. The first-order valence-electron chi connectivity index (χ1n) is 7.69. The van der Waals surface area contributed by atoms with Crippen molar-refractivity contribution in [2.75, 3.05) is 19.6 Å². The minimum absolute atomic E-state index is 0.296. The van der Waals surface area contributed by atoms with Crippen LogP contribution in [-0.4, -0.2) is 36.1 Å². The van der Waals surface area contributed by atoms with Gasteiger partial charge in [0.05, 0.1) is 0 Å². The fraction of sp³-hybridized carbons (Fsp3) is 1.00. The van der Waals surface area contributed by atoms with E-state index in [2.05, 4.69) is 58.7 Å². The van der Waals surface area contributed by atoms with E-state index in [-0.39, 0.29) is 0 Å². The molecular weight excluding hydrogens is 220 g/mol. The van der Waals surface area contributed by atoms with Crippen LogP contribution in [0.4, 0.5) is 0 Å². The van der Waals surface area contributed by atoms with Crippen molar-refractivity contribution in [3.05, 3.63) is 0 Å². The van der Waals surface area contributed by atoms with Crippen molar-refractivity contribution in [1.29, 1.82) is 0 Å². The highest BCUT2D eigenvalue weighted by atomic mass is 15.3. The molecule has 1 atom stereocenters. The lowest BCUT2D eigenvalue weighted by Crippen LogP contribution is -2.65. The van der Waals surface area contributed by atoms with E-state index in [1.54, 1.807) is 0 Å². The van der Waals surface area contributed by atoms with Gasteiger partial charge in [-0.05, 0) is 25.2 Å². The van der Waals surface area contributed by atoms with Crippen molar-refractivity contribution in [2.45, 2.75) is 72.9 Å². The molecule has 0 spiro atoms. The summed E-state index contributed by atoms with van der Waals surface area (Å²) < 4.78 is 0. The zero-order chi connectivity index (χ0) is 14.0. The monoisotopic (exact) mass is 254 g/mol. The average Bonchev–Trinajstić information content (AvgIpc) is 2.25. The molecule has 1 N–H and O–H groups in total. The van der Waals surface area contributed by atoms with Gasteiger partial charge in [0.15, 0.2) is 0 Å². The molecule has 1 aliphatic rings. The van der Waals surface area contributed by atoms with Crippen LogP contribution in [0.2, 0.25) is 0 Å². The average molecular weight is 254 g/mol. The zero-order valence-electron chi connectivity index (χ0n) is 13.6. The van der Waals surface area contributed by atoms with Gasteiger partial charge in [0.1, 0.15) is 0 Å². The molecule has 1 rings (SSSR count). The van der Waals surface area contributed by atoms with Gasteiger partial charge in [-0.3, -0.25) is 4.90 Å². The summed E-state index contributed by atoms with van der Waals surface area (Å²) in [6.07, 6.45) is 2.60. The van der Waals surface area contributed by atoms with E-state index < -0.39 is 0 Å². The molecule has 1 unspecified atom stereocenters. The Morgan fingerprint density at radius 1 is 1.22 bits per heavy atom. The molecule has 1 fully saturated rings. The number of hydrogen-bond acceptors (Lipinski definition) is 2. The van der Waals surface area contributed by atoms with Gasteiger partial charge in [-0.1, -0.05) is 47.5 Å². The molecule has 2 heteroatoms. The Morgan fingerprint density at radius 3 is 2.22 bits per heavy atom. The SMILES string of the molecule is CCC(CC)CN1CC(C(C)(C)C)NCC1(C)C. The van der Waals surface area contributed by atoms with Crippen LogP contribution in [-0.2, 0) is 0 Å². The molecule has 0 aliphatic carbocycles. The second kappa shape index (κ2) is 5.92. The zero-order valence-corrected chi connectivity index (χ0v) is 13.6. The van der Waals surface area contributed by atoms with Crippen molar-refractivity contribution in [3.63, 3.8) is 0 Å². The summed E-state index contributed by atoms with van der Waals surface area (Å²) in [5, 5.41) is 3.75. The molecule has 0 saturated carbocycles. The molecule has 0 aromatic carbocycles. The predicted octanol–water partition coefficient (Wildman–Crippen LogP) is 3.52. The van der Waals surface area contributed by atoms with E-state index in [0.29, 0.717) is 17.0 Å². The maximum atomic E-state index is 3.75. The largest absolute Gasteiger partial charge is 0.310 e. The van der Waals surface area contributed by atoms with Crippen molar-refractivity contribution >= 4 is 0 Å². The number of nitrogens with zero attached hydrogens (tertiary/aromatic N) is 1. The Labute approximate surface area is 115 Å². The van der Waals surface area contributed by atoms with E-state index in [1.165, 1.54) is 25.9 Å². The fourth-order valence-electron chi connectivity index (χ4n) is 2.78. The Kier molecular flexibility index (Phi) is 5.25. The van der Waals surface area contributed by atoms with Crippen LogP contribution in [0.3, 0.4) is 0 Å². The summed E-state index contributed by atoms with van der Waals surface area (Å²) >= 11 is 0. The highest BCUT2D eigenvalue weighted by molar-refractivity contribution is 4.97. The van der Waals surface area contributed by atoms with Crippen LogP contribution in [0, 0.1) is 11.3 Å². The Hall–Kier alpha value is -0.0800. The predicted molar refractivity (Wildman–Crippen MR) is 81.0 cm³/mol. The maximum Gasteiger partial charge on any atom is 0.0278 e.